The van der Waals surface area contributed by atoms with E-state index >= 15 is 0 Å². The zero-order valence-corrected chi connectivity index (χ0v) is 21.6. The van der Waals surface area contributed by atoms with Gasteiger partial charge in [0.15, 0.2) is 12.7 Å². The molecule has 7 nitrogen and oxygen atoms in total. The predicted molar refractivity (Wildman–Crippen MR) is 134 cm³/mol. The summed E-state index contributed by atoms with van der Waals surface area (Å²) in [6.07, 6.45) is -3.67. The van der Waals surface area contributed by atoms with Crippen LogP contribution in [0, 0.1) is 5.82 Å². The highest BCUT2D eigenvalue weighted by Gasteiger charge is 2.36. The summed E-state index contributed by atoms with van der Waals surface area (Å²) in [6.45, 7) is 0.237. The summed E-state index contributed by atoms with van der Waals surface area (Å²) < 4.78 is 62.9. The first-order valence-corrected chi connectivity index (χ1v) is 12.3. The maximum Gasteiger partial charge on any atom is 0.401 e. The highest BCUT2D eigenvalue weighted by atomic mass is 35.5. The molecule has 0 saturated carbocycles. The predicted octanol–water partition coefficient (Wildman–Crippen LogP) is 5.08. The van der Waals surface area contributed by atoms with Crippen molar-refractivity contribution in [1.82, 2.24) is 16.0 Å². The summed E-state index contributed by atoms with van der Waals surface area (Å²) >= 11 is 11.6. The lowest BCUT2D eigenvalue weighted by Crippen LogP contribution is -2.44. The van der Waals surface area contributed by atoms with E-state index in [1.165, 1.54) is 30.3 Å². The van der Waals surface area contributed by atoms with Crippen LogP contribution in [0.2, 0.25) is 10.0 Å². The van der Waals surface area contributed by atoms with Crippen molar-refractivity contribution < 1.29 is 36.6 Å². The van der Waals surface area contributed by atoms with Crippen molar-refractivity contribution in [3.05, 3.63) is 69.6 Å². The summed E-state index contributed by atoms with van der Waals surface area (Å²) in [5.41, 5.74) is 0.907. The van der Waals surface area contributed by atoms with Crippen LogP contribution in [-0.2, 0) is 9.59 Å². The maximum absolute atomic E-state index is 13.5. The second kappa shape index (κ2) is 13.2. The van der Waals surface area contributed by atoms with Gasteiger partial charge in [-0.25, -0.2) is 4.39 Å². The first-order valence-electron chi connectivity index (χ1n) is 11.5. The molecule has 3 N–H and O–H groups in total. The molecule has 0 aliphatic carbocycles. The van der Waals surface area contributed by atoms with E-state index in [4.69, 9.17) is 32.7 Å². The fourth-order valence-corrected chi connectivity index (χ4v) is 3.95. The lowest BCUT2D eigenvalue weighted by Gasteiger charge is -2.32. The first kappa shape index (κ1) is 29.5. The molecule has 1 heterocycles. The first-order chi connectivity index (χ1) is 17.9. The molecule has 1 aliphatic heterocycles. The van der Waals surface area contributed by atoms with Gasteiger partial charge < -0.3 is 25.4 Å². The average Bonchev–Trinajstić information content (AvgIpc) is 2.86. The summed E-state index contributed by atoms with van der Waals surface area (Å²) in [5.74, 6) is -1.28. The quantitative estimate of drug-likeness (QED) is 0.343. The molecule has 206 valence electrons. The molecule has 2 aromatic rings. The zero-order chi connectivity index (χ0) is 27.9. The Morgan fingerprint density at radius 1 is 1.18 bits per heavy atom. The van der Waals surface area contributed by atoms with Crippen molar-refractivity contribution in [2.24, 2.45) is 0 Å². The molecule has 0 fully saturated rings. The van der Waals surface area contributed by atoms with E-state index < -0.39 is 42.5 Å². The number of amides is 2. The SMILES string of the molecule is C/C=C(\CCNC(=O)COc1ccc(Cl)c(F)c1)NC(=O)C1CC(NCC(F)(F)F)c2cc(Cl)ccc2O1. The molecular formula is C25H25Cl2F4N3O4. The van der Waals surface area contributed by atoms with Crippen LogP contribution in [0.1, 0.15) is 31.4 Å². The molecular weight excluding hydrogens is 553 g/mol. The molecule has 2 atom stereocenters. The number of halogens is 6. The van der Waals surface area contributed by atoms with Crippen LogP contribution in [-0.4, -0.2) is 43.8 Å². The number of allylic oxidation sites excluding steroid dienone is 1. The van der Waals surface area contributed by atoms with Gasteiger partial charge >= 0.3 is 6.18 Å². The van der Waals surface area contributed by atoms with Gasteiger partial charge in [0, 0.05) is 47.8 Å². The Hall–Kier alpha value is -3.02. The van der Waals surface area contributed by atoms with Gasteiger partial charge in [-0.1, -0.05) is 29.3 Å². The highest BCUT2D eigenvalue weighted by molar-refractivity contribution is 6.31. The third kappa shape index (κ3) is 8.78. The van der Waals surface area contributed by atoms with Crippen molar-refractivity contribution in [2.75, 3.05) is 19.7 Å². The number of benzene rings is 2. The van der Waals surface area contributed by atoms with Crippen LogP contribution in [0.3, 0.4) is 0 Å². The molecule has 2 unspecified atom stereocenters. The Bertz CT molecular complexity index is 1190. The minimum Gasteiger partial charge on any atom is -0.484 e. The Kier molecular flexibility index (Phi) is 10.2. The van der Waals surface area contributed by atoms with E-state index in [9.17, 15) is 27.2 Å². The van der Waals surface area contributed by atoms with Crippen LogP contribution >= 0.6 is 23.2 Å². The molecule has 2 aromatic carbocycles. The van der Waals surface area contributed by atoms with Gasteiger partial charge in [-0.05, 0) is 37.3 Å². The number of carbonyl (C=O) groups is 2. The minimum atomic E-state index is -4.44. The molecule has 0 radical (unpaired) electrons. The lowest BCUT2D eigenvalue weighted by molar-refractivity contribution is -0.130. The monoisotopic (exact) mass is 577 g/mol. The number of fused-ring (bicyclic) bond motifs is 1. The molecule has 38 heavy (non-hydrogen) atoms. The Balaban J connectivity index is 1.51. The molecule has 13 heteroatoms. The summed E-state index contributed by atoms with van der Waals surface area (Å²) in [6, 6.07) is 7.52. The van der Waals surface area contributed by atoms with E-state index in [0.717, 1.165) is 6.07 Å². The highest BCUT2D eigenvalue weighted by Crippen LogP contribution is 2.37. The maximum atomic E-state index is 13.5. The van der Waals surface area contributed by atoms with Gasteiger partial charge in [0.05, 0.1) is 11.6 Å². The topological polar surface area (TPSA) is 88.7 Å². The van der Waals surface area contributed by atoms with Crippen molar-refractivity contribution >= 4 is 35.0 Å². The van der Waals surface area contributed by atoms with Crippen molar-refractivity contribution in [2.45, 2.75) is 38.1 Å². The fourth-order valence-electron chi connectivity index (χ4n) is 3.66. The Morgan fingerprint density at radius 3 is 2.63 bits per heavy atom. The number of hydrogen-bond donors (Lipinski definition) is 3. The summed E-state index contributed by atoms with van der Waals surface area (Å²) in [7, 11) is 0. The smallest absolute Gasteiger partial charge is 0.401 e. The molecule has 0 aromatic heterocycles. The van der Waals surface area contributed by atoms with Crippen LogP contribution < -0.4 is 25.4 Å². The van der Waals surface area contributed by atoms with Crippen LogP contribution in [0.5, 0.6) is 11.5 Å². The van der Waals surface area contributed by atoms with E-state index in [-0.39, 0.29) is 42.5 Å². The molecule has 3 rings (SSSR count). The van der Waals surface area contributed by atoms with Crippen molar-refractivity contribution in [1.29, 1.82) is 0 Å². The van der Waals surface area contributed by atoms with Crippen LogP contribution in [0.25, 0.3) is 0 Å². The van der Waals surface area contributed by atoms with Gasteiger partial charge in [0.2, 0.25) is 0 Å². The number of alkyl halides is 3. The summed E-state index contributed by atoms with van der Waals surface area (Å²) in [5, 5.41) is 8.01. The number of ether oxygens (including phenoxy) is 2. The summed E-state index contributed by atoms with van der Waals surface area (Å²) in [4.78, 5) is 24.9. The van der Waals surface area contributed by atoms with Crippen LogP contribution in [0.4, 0.5) is 17.6 Å². The van der Waals surface area contributed by atoms with E-state index in [0.29, 0.717) is 16.3 Å². The second-order valence-electron chi connectivity index (χ2n) is 8.34. The molecule has 0 spiro atoms. The van der Waals surface area contributed by atoms with Gasteiger partial charge in [-0.2, -0.15) is 13.2 Å². The van der Waals surface area contributed by atoms with Crippen molar-refractivity contribution in [3.63, 3.8) is 0 Å². The third-order valence-electron chi connectivity index (χ3n) is 5.52. The van der Waals surface area contributed by atoms with Gasteiger partial charge in [0.25, 0.3) is 11.8 Å². The van der Waals surface area contributed by atoms with Crippen LogP contribution in [0.15, 0.2) is 48.2 Å². The Morgan fingerprint density at radius 2 is 1.95 bits per heavy atom. The third-order valence-corrected chi connectivity index (χ3v) is 6.06. The molecule has 2 amide bonds. The number of nitrogens with one attached hydrogen (secondary N) is 3. The van der Waals surface area contributed by atoms with E-state index in [2.05, 4.69) is 16.0 Å². The standard InChI is InChI=1S/C25H25Cl2F4N3O4/c1-2-15(7-8-32-23(35)12-37-16-4-5-18(27)19(28)10-16)34-24(36)22-11-20(33-13-25(29,30)31)17-9-14(26)3-6-21(17)38-22/h2-6,9-10,20,22,33H,7-8,11-13H2,1H3,(H,32,35)(H,34,36)/b15-2+. The van der Waals surface area contributed by atoms with Gasteiger partial charge in [-0.3, -0.25) is 9.59 Å². The largest absolute Gasteiger partial charge is 0.484 e. The number of rotatable bonds is 10. The Labute approximate surface area is 226 Å². The lowest BCUT2D eigenvalue weighted by atomic mass is 9.95. The number of hydrogen-bond acceptors (Lipinski definition) is 5. The molecule has 0 bridgehead atoms. The average molecular weight is 578 g/mol. The molecule has 0 saturated heterocycles. The fraction of sp³-hybridized carbons (Fsp3) is 0.360. The van der Waals surface area contributed by atoms with E-state index in [1.807, 2.05) is 0 Å². The van der Waals surface area contributed by atoms with Crippen molar-refractivity contribution in [3.8, 4) is 11.5 Å². The second-order valence-corrected chi connectivity index (χ2v) is 9.18. The zero-order valence-electron chi connectivity index (χ0n) is 20.1. The van der Waals surface area contributed by atoms with Gasteiger partial charge in [0.1, 0.15) is 17.3 Å². The van der Waals surface area contributed by atoms with Gasteiger partial charge in [-0.15, -0.1) is 0 Å². The minimum absolute atomic E-state index is 0.0500. The number of carbonyl (C=O) groups excluding carboxylic acids is 2. The molecule has 1 aliphatic rings. The van der Waals surface area contributed by atoms with E-state index in [1.54, 1.807) is 13.0 Å². The normalized spacial score (nSPS) is 17.3.